The van der Waals surface area contributed by atoms with Crippen LogP contribution in [0.15, 0.2) is 67.0 Å². The first-order chi connectivity index (χ1) is 15.9. The van der Waals surface area contributed by atoms with Crippen molar-refractivity contribution >= 4 is 29.3 Å². The highest BCUT2D eigenvalue weighted by atomic mass is 16.2. The van der Waals surface area contributed by atoms with Gasteiger partial charge in [0, 0.05) is 37.2 Å². The van der Waals surface area contributed by atoms with Crippen molar-refractivity contribution in [3.8, 4) is 0 Å². The molecule has 1 aliphatic rings. The fourth-order valence-electron chi connectivity index (χ4n) is 3.66. The van der Waals surface area contributed by atoms with Crippen molar-refractivity contribution in [3.63, 3.8) is 0 Å². The normalized spacial score (nSPS) is 15.4. The molecular formula is C24H23N5O4. The Morgan fingerprint density at radius 3 is 2.61 bits per heavy atom. The second-order valence-electron chi connectivity index (χ2n) is 7.75. The largest absolute Gasteiger partial charge is 0.331 e. The van der Waals surface area contributed by atoms with E-state index in [1.54, 1.807) is 42.1 Å². The Bertz CT molecular complexity index is 1200. The molecule has 1 aliphatic heterocycles. The van der Waals surface area contributed by atoms with Crippen LogP contribution < -0.4 is 10.6 Å². The number of imidazole rings is 1. The summed E-state index contributed by atoms with van der Waals surface area (Å²) in [4.78, 5) is 55.2. The summed E-state index contributed by atoms with van der Waals surface area (Å²) in [6.45, 7) is 0.240. The molecule has 4 amide bonds. The Hall–Kier alpha value is -4.27. The van der Waals surface area contributed by atoms with Gasteiger partial charge in [-0.15, -0.1) is 0 Å². The van der Waals surface area contributed by atoms with E-state index < -0.39 is 23.9 Å². The van der Waals surface area contributed by atoms with Crippen LogP contribution >= 0.6 is 0 Å². The Morgan fingerprint density at radius 1 is 1.09 bits per heavy atom. The summed E-state index contributed by atoms with van der Waals surface area (Å²) in [7, 11) is 1.72. The van der Waals surface area contributed by atoms with Crippen molar-refractivity contribution in [2.75, 3.05) is 11.9 Å². The van der Waals surface area contributed by atoms with Crippen LogP contribution in [-0.4, -0.2) is 50.7 Å². The van der Waals surface area contributed by atoms with E-state index in [0.29, 0.717) is 17.7 Å². The third kappa shape index (κ3) is 4.98. The molecule has 9 heteroatoms. The van der Waals surface area contributed by atoms with Crippen molar-refractivity contribution in [2.24, 2.45) is 7.05 Å². The van der Waals surface area contributed by atoms with Gasteiger partial charge in [-0.1, -0.05) is 42.5 Å². The molecule has 2 heterocycles. The van der Waals surface area contributed by atoms with Crippen molar-refractivity contribution in [2.45, 2.75) is 18.9 Å². The zero-order valence-electron chi connectivity index (χ0n) is 18.0. The van der Waals surface area contributed by atoms with E-state index in [0.717, 1.165) is 10.5 Å². The second kappa shape index (κ2) is 9.47. The smallest absolute Gasteiger partial charge is 0.324 e. The minimum atomic E-state index is -0.925. The molecule has 2 N–H and O–H groups in total. The van der Waals surface area contributed by atoms with Crippen LogP contribution in [0.3, 0.4) is 0 Å². The summed E-state index contributed by atoms with van der Waals surface area (Å²) >= 11 is 0. The van der Waals surface area contributed by atoms with Crippen molar-refractivity contribution in [3.05, 3.63) is 83.9 Å². The van der Waals surface area contributed by atoms with Crippen LogP contribution in [0.5, 0.6) is 0 Å². The van der Waals surface area contributed by atoms with Gasteiger partial charge in [0.1, 0.15) is 6.04 Å². The van der Waals surface area contributed by atoms with E-state index in [1.807, 2.05) is 30.3 Å². The molecule has 4 rings (SSSR count). The molecule has 1 atom stereocenters. The van der Waals surface area contributed by atoms with Gasteiger partial charge in [-0.2, -0.15) is 0 Å². The lowest BCUT2D eigenvalue weighted by atomic mass is 10.1. The monoisotopic (exact) mass is 445 g/mol. The number of nitrogens with one attached hydrogen (secondary N) is 2. The molecule has 0 saturated carbocycles. The molecule has 168 valence electrons. The number of rotatable bonds is 8. The van der Waals surface area contributed by atoms with Gasteiger partial charge in [-0.05, 0) is 24.1 Å². The SMILES string of the molecule is Cn1ccnc1C(=O)c1cccc(NC(=O)C[C@@H]2NC(=O)N(CCc3ccccc3)C2=O)c1. The van der Waals surface area contributed by atoms with Gasteiger partial charge < -0.3 is 15.2 Å². The fourth-order valence-corrected chi connectivity index (χ4v) is 3.66. The molecule has 9 nitrogen and oxygen atoms in total. The highest BCUT2D eigenvalue weighted by Crippen LogP contribution is 2.16. The number of hydrogen-bond donors (Lipinski definition) is 2. The number of urea groups is 1. The second-order valence-corrected chi connectivity index (χ2v) is 7.75. The lowest BCUT2D eigenvalue weighted by molar-refractivity contribution is -0.129. The molecule has 2 aromatic carbocycles. The molecule has 1 aromatic heterocycles. The highest BCUT2D eigenvalue weighted by Gasteiger charge is 2.38. The molecule has 0 bridgehead atoms. The third-order valence-corrected chi connectivity index (χ3v) is 5.40. The number of ketones is 1. The van der Waals surface area contributed by atoms with E-state index in [-0.39, 0.29) is 24.6 Å². The van der Waals surface area contributed by atoms with Crippen molar-refractivity contribution < 1.29 is 19.2 Å². The Labute approximate surface area is 190 Å². The van der Waals surface area contributed by atoms with Crippen LogP contribution in [0, 0.1) is 0 Å². The maximum absolute atomic E-state index is 12.6. The van der Waals surface area contributed by atoms with Gasteiger partial charge in [0.25, 0.3) is 5.91 Å². The first-order valence-corrected chi connectivity index (χ1v) is 10.5. The molecule has 0 spiro atoms. The number of benzene rings is 2. The average Bonchev–Trinajstić information content (AvgIpc) is 3.35. The lowest BCUT2D eigenvalue weighted by Crippen LogP contribution is -2.35. The predicted molar refractivity (Wildman–Crippen MR) is 121 cm³/mol. The van der Waals surface area contributed by atoms with Gasteiger partial charge in [0.05, 0.1) is 6.42 Å². The Morgan fingerprint density at radius 2 is 1.88 bits per heavy atom. The first kappa shape index (κ1) is 21.9. The molecule has 0 radical (unpaired) electrons. The number of hydrogen-bond acceptors (Lipinski definition) is 5. The number of aromatic nitrogens is 2. The number of carbonyl (C=O) groups is 4. The minimum absolute atomic E-state index is 0.204. The number of carbonyl (C=O) groups excluding carboxylic acids is 4. The van der Waals surface area contributed by atoms with E-state index in [2.05, 4.69) is 15.6 Å². The van der Waals surface area contributed by atoms with Gasteiger partial charge in [0.2, 0.25) is 11.7 Å². The van der Waals surface area contributed by atoms with Crippen LogP contribution in [-0.2, 0) is 23.1 Å². The molecule has 3 aromatic rings. The van der Waals surface area contributed by atoms with Gasteiger partial charge in [-0.3, -0.25) is 19.3 Å². The van der Waals surface area contributed by atoms with Crippen molar-refractivity contribution in [1.29, 1.82) is 0 Å². The van der Waals surface area contributed by atoms with Gasteiger partial charge >= 0.3 is 6.03 Å². The summed E-state index contributed by atoms with van der Waals surface area (Å²) < 4.78 is 1.62. The molecule has 0 aliphatic carbocycles. The molecule has 1 fully saturated rings. The van der Waals surface area contributed by atoms with E-state index in [4.69, 9.17) is 0 Å². The van der Waals surface area contributed by atoms with E-state index in [1.165, 1.54) is 6.20 Å². The maximum Gasteiger partial charge on any atom is 0.324 e. The first-order valence-electron chi connectivity index (χ1n) is 10.5. The molecule has 0 unspecified atom stereocenters. The number of nitrogens with zero attached hydrogens (tertiary/aromatic N) is 3. The molecular weight excluding hydrogens is 422 g/mol. The molecule has 1 saturated heterocycles. The summed E-state index contributed by atoms with van der Waals surface area (Å²) in [6, 6.07) is 14.6. The standard InChI is InChI=1S/C24H23N5O4/c1-28-13-11-25-22(28)21(31)17-8-5-9-18(14-17)26-20(30)15-19-23(32)29(24(33)27-19)12-10-16-6-3-2-4-7-16/h2-9,11,13-14,19H,10,12,15H2,1H3,(H,26,30)(H,27,33)/t19-/m0/s1. The molecule has 33 heavy (non-hydrogen) atoms. The van der Waals surface area contributed by atoms with Crippen LogP contribution in [0.4, 0.5) is 10.5 Å². The minimum Gasteiger partial charge on any atom is -0.331 e. The number of anilines is 1. The van der Waals surface area contributed by atoms with E-state index in [9.17, 15) is 19.2 Å². The summed E-state index contributed by atoms with van der Waals surface area (Å²) in [6.07, 6.45) is 3.55. The van der Waals surface area contributed by atoms with Crippen molar-refractivity contribution in [1.82, 2.24) is 19.8 Å². The maximum atomic E-state index is 12.6. The van der Waals surface area contributed by atoms with Gasteiger partial charge in [-0.25, -0.2) is 9.78 Å². The number of amides is 4. The topological polar surface area (TPSA) is 113 Å². The Balaban J connectivity index is 1.35. The average molecular weight is 445 g/mol. The third-order valence-electron chi connectivity index (χ3n) is 5.40. The van der Waals surface area contributed by atoms with E-state index >= 15 is 0 Å². The zero-order chi connectivity index (χ0) is 23.4. The zero-order valence-corrected chi connectivity index (χ0v) is 18.0. The van der Waals surface area contributed by atoms with Gasteiger partial charge in [0.15, 0.2) is 5.82 Å². The van der Waals surface area contributed by atoms with Crippen LogP contribution in [0.1, 0.15) is 28.2 Å². The predicted octanol–water partition coefficient (Wildman–Crippen LogP) is 2.14. The van der Waals surface area contributed by atoms with Crippen LogP contribution in [0.2, 0.25) is 0 Å². The lowest BCUT2D eigenvalue weighted by Gasteiger charge is -2.13. The fraction of sp³-hybridized carbons (Fsp3) is 0.208. The highest BCUT2D eigenvalue weighted by molar-refractivity contribution is 6.08. The summed E-state index contributed by atoms with van der Waals surface area (Å²) in [5.41, 5.74) is 1.80. The number of imide groups is 1. The van der Waals surface area contributed by atoms with Crippen LogP contribution in [0.25, 0.3) is 0 Å². The Kier molecular flexibility index (Phi) is 6.30. The summed E-state index contributed by atoms with van der Waals surface area (Å²) in [5.74, 6) is -0.857. The summed E-state index contributed by atoms with van der Waals surface area (Å²) in [5, 5.41) is 5.26. The number of aryl methyl sites for hydroxylation is 1. The quantitative estimate of drug-likeness (QED) is 0.407.